The lowest BCUT2D eigenvalue weighted by Gasteiger charge is -2.34. The number of anilines is 1. The highest BCUT2D eigenvalue weighted by atomic mass is 16.5. The maximum Gasteiger partial charge on any atom is 0.226 e. The third-order valence-corrected chi connectivity index (χ3v) is 5.23. The van der Waals surface area contributed by atoms with Crippen molar-refractivity contribution < 1.29 is 9.53 Å². The first-order valence-electron chi connectivity index (χ1n) is 9.68. The van der Waals surface area contributed by atoms with Gasteiger partial charge in [-0.25, -0.2) is 4.68 Å². The molecule has 1 aromatic heterocycles. The monoisotopic (exact) mass is 366 g/mol. The minimum atomic E-state index is -0.233. The maximum absolute atomic E-state index is 12.8. The number of aromatic nitrogens is 3. The van der Waals surface area contributed by atoms with Crippen molar-refractivity contribution in [2.75, 3.05) is 11.9 Å². The predicted molar refractivity (Wildman–Crippen MR) is 104 cm³/mol. The number of allylic oxidation sites excluding steroid dienone is 2. The average Bonchev–Trinajstić information content (AvgIpc) is 3.08. The number of ketones is 1. The zero-order valence-electron chi connectivity index (χ0n) is 16.1. The number of hydrogen-bond acceptors (Lipinski definition) is 5. The zero-order chi connectivity index (χ0) is 19.0. The van der Waals surface area contributed by atoms with E-state index in [0.29, 0.717) is 30.8 Å². The van der Waals surface area contributed by atoms with Crippen LogP contribution in [0.4, 0.5) is 5.95 Å². The Morgan fingerprint density at radius 2 is 2.04 bits per heavy atom. The molecule has 4 rings (SSSR count). The molecule has 1 N–H and O–H groups in total. The minimum absolute atomic E-state index is 0.194. The van der Waals surface area contributed by atoms with E-state index in [1.807, 2.05) is 24.3 Å². The number of Topliss-reactive ketones (excluding diaryl/α,β-unsaturated/α-hetero) is 1. The summed E-state index contributed by atoms with van der Waals surface area (Å²) in [5.41, 5.74) is 2.83. The topological polar surface area (TPSA) is 69.0 Å². The summed E-state index contributed by atoms with van der Waals surface area (Å²) < 4.78 is 7.64. The molecule has 1 aromatic carbocycles. The van der Waals surface area contributed by atoms with Crippen LogP contribution < -0.4 is 10.1 Å². The van der Waals surface area contributed by atoms with Gasteiger partial charge in [-0.15, -0.1) is 0 Å². The predicted octanol–water partition coefficient (Wildman–Crippen LogP) is 3.97. The summed E-state index contributed by atoms with van der Waals surface area (Å²) >= 11 is 0. The van der Waals surface area contributed by atoms with Gasteiger partial charge in [-0.3, -0.25) is 4.79 Å². The summed E-state index contributed by atoms with van der Waals surface area (Å²) in [6.45, 7) is 7.20. The van der Waals surface area contributed by atoms with Crippen molar-refractivity contribution in [1.29, 1.82) is 0 Å². The SMILES string of the molecule is CC(C)CCOc1ccc([C@@H]2C3=C(C[C@H](C)CC3=O)Nc3ncnn32)cc1. The molecule has 0 radical (unpaired) electrons. The highest BCUT2D eigenvalue weighted by molar-refractivity contribution is 5.99. The molecule has 2 atom stereocenters. The molecule has 1 aliphatic heterocycles. The first kappa shape index (κ1) is 17.8. The lowest BCUT2D eigenvalue weighted by Crippen LogP contribution is -2.33. The van der Waals surface area contributed by atoms with E-state index in [-0.39, 0.29) is 11.8 Å². The highest BCUT2D eigenvalue weighted by Crippen LogP contribution is 2.41. The third-order valence-electron chi connectivity index (χ3n) is 5.23. The number of hydrogen-bond donors (Lipinski definition) is 1. The van der Waals surface area contributed by atoms with Crippen molar-refractivity contribution in [2.24, 2.45) is 11.8 Å². The summed E-state index contributed by atoms with van der Waals surface area (Å²) in [6, 6.07) is 7.78. The van der Waals surface area contributed by atoms with Crippen LogP contribution in [0.25, 0.3) is 0 Å². The Balaban J connectivity index is 1.64. The maximum atomic E-state index is 12.8. The molecule has 27 heavy (non-hydrogen) atoms. The Kier molecular flexibility index (Phi) is 4.72. The van der Waals surface area contributed by atoms with E-state index in [2.05, 4.69) is 36.2 Å². The summed E-state index contributed by atoms with van der Waals surface area (Å²) in [5, 5.41) is 7.69. The number of benzene rings is 1. The first-order valence-corrected chi connectivity index (χ1v) is 9.68. The van der Waals surface area contributed by atoms with Gasteiger partial charge < -0.3 is 10.1 Å². The second-order valence-corrected chi connectivity index (χ2v) is 7.98. The molecule has 2 heterocycles. The quantitative estimate of drug-likeness (QED) is 0.867. The Bertz CT molecular complexity index is 867. The van der Waals surface area contributed by atoms with Gasteiger partial charge in [0.1, 0.15) is 18.1 Å². The van der Waals surface area contributed by atoms with Gasteiger partial charge in [0.25, 0.3) is 0 Å². The van der Waals surface area contributed by atoms with Gasteiger partial charge in [0.05, 0.1) is 6.61 Å². The van der Waals surface area contributed by atoms with E-state index in [1.54, 1.807) is 4.68 Å². The van der Waals surface area contributed by atoms with Gasteiger partial charge in [0.15, 0.2) is 5.78 Å². The largest absolute Gasteiger partial charge is 0.494 e. The molecule has 2 aromatic rings. The van der Waals surface area contributed by atoms with Gasteiger partial charge in [-0.05, 0) is 42.4 Å². The zero-order valence-corrected chi connectivity index (χ0v) is 16.1. The van der Waals surface area contributed by atoms with Gasteiger partial charge in [-0.1, -0.05) is 32.9 Å². The third kappa shape index (κ3) is 3.48. The second kappa shape index (κ2) is 7.18. The van der Waals surface area contributed by atoms with Crippen LogP contribution in [0.1, 0.15) is 51.6 Å². The van der Waals surface area contributed by atoms with Crippen LogP contribution in [0.2, 0.25) is 0 Å². The van der Waals surface area contributed by atoms with Crippen molar-refractivity contribution >= 4 is 11.7 Å². The van der Waals surface area contributed by atoms with E-state index < -0.39 is 0 Å². The minimum Gasteiger partial charge on any atom is -0.494 e. The van der Waals surface area contributed by atoms with E-state index in [0.717, 1.165) is 35.4 Å². The molecule has 1 aliphatic carbocycles. The Labute approximate surface area is 159 Å². The number of nitrogens with one attached hydrogen (secondary N) is 1. The molecule has 2 aliphatic rings. The summed E-state index contributed by atoms with van der Waals surface area (Å²) in [5.74, 6) is 2.70. The molecule has 0 amide bonds. The fourth-order valence-corrected chi connectivity index (χ4v) is 3.81. The summed E-state index contributed by atoms with van der Waals surface area (Å²) in [4.78, 5) is 17.2. The fraction of sp³-hybridized carbons (Fsp3) is 0.476. The van der Waals surface area contributed by atoms with Crippen molar-refractivity contribution in [3.05, 3.63) is 47.4 Å². The van der Waals surface area contributed by atoms with Crippen molar-refractivity contribution in [2.45, 2.75) is 46.1 Å². The second-order valence-electron chi connectivity index (χ2n) is 7.98. The lowest BCUT2D eigenvalue weighted by molar-refractivity contribution is -0.117. The molecule has 0 bridgehead atoms. The highest BCUT2D eigenvalue weighted by Gasteiger charge is 2.37. The number of carbonyl (C=O) groups is 1. The smallest absolute Gasteiger partial charge is 0.226 e. The summed E-state index contributed by atoms with van der Waals surface area (Å²) in [7, 11) is 0. The Hall–Kier alpha value is -2.63. The van der Waals surface area contributed by atoms with E-state index in [4.69, 9.17) is 4.74 Å². The molecule has 142 valence electrons. The van der Waals surface area contributed by atoms with Crippen molar-refractivity contribution in [1.82, 2.24) is 14.8 Å². The average molecular weight is 366 g/mol. The molecule has 6 nitrogen and oxygen atoms in total. The van der Waals surface area contributed by atoms with Crippen LogP contribution in [0.3, 0.4) is 0 Å². The molecule has 0 unspecified atom stereocenters. The van der Waals surface area contributed by atoms with Crippen LogP contribution >= 0.6 is 0 Å². The van der Waals surface area contributed by atoms with Gasteiger partial charge >= 0.3 is 0 Å². The van der Waals surface area contributed by atoms with Crippen molar-refractivity contribution in [3.8, 4) is 5.75 Å². The van der Waals surface area contributed by atoms with Crippen molar-refractivity contribution in [3.63, 3.8) is 0 Å². The molecule has 0 saturated carbocycles. The molecule has 0 spiro atoms. The molecule has 6 heteroatoms. The fourth-order valence-electron chi connectivity index (χ4n) is 3.81. The molecular weight excluding hydrogens is 340 g/mol. The van der Waals surface area contributed by atoms with Crippen LogP contribution in [0.15, 0.2) is 41.9 Å². The van der Waals surface area contributed by atoms with Crippen LogP contribution in [0, 0.1) is 11.8 Å². The number of nitrogens with zero attached hydrogens (tertiary/aromatic N) is 3. The Morgan fingerprint density at radius 3 is 2.78 bits per heavy atom. The number of carbonyl (C=O) groups excluding carboxylic acids is 1. The van der Waals surface area contributed by atoms with Crippen LogP contribution in [-0.4, -0.2) is 27.2 Å². The molecular formula is C21H26N4O2. The van der Waals surface area contributed by atoms with E-state index in [1.165, 1.54) is 6.33 Å². The van der Waals surface area contributed by atoms with Crippen LogP contribution in [-0.2, 0) is 4.79 Å². The van der Waals surface area contributed by atoms with Gasteiger partial charge in [0.2, 0.25) is 5.95 Å². The van der Waals surface area contributed by atoms with Gasteiger partial charge in [0, 0.05) is 17.7 Å². The number of fused-ring (bicyclic) bond motifs is 1. The molecule has 0 fully saturated rings. The molecule has 0 saturated heterocycles. The number of ether oxygens (including phenoxy) is 1. The summed E-state index contributed by atoms with van der Waals surface area (Å²) in [6.07, 6.45) is 4.00. The Morgan fingerprint density at radius 1 is 1.26 bits per heavy atom. The first-order chi connectivity index (χ1) is 13.0. The van der Waals surface area contributed by atoms with Gasteiger partial charge in [-0.2, -0.15) is 10.1 Å². The van der Waals surface area contributed by atoms with Crippen LogP contribution in [0.5, 0.6) is 5.75 Å². The van der Waals surface area contributed by atoms with E-state index in [9.17, 15) is 4.79 Å². The number of rotatable bonds is 5. The lowest BCUT2D eigenvalue weighted by atomic mass is 9.81. The normalized spacial score (nSPS) is 21.7. The standard InChI is InChI=1S/C21H26N4O2/c1-13(2)8-9-27-16-6-4-15(5-7-16)20-19-17(10-14(3)11-18(19)26)24-21-22-12-23-25(20)21/h4-7,12-14,20H,8-11H2,1-3H3,(H,22,23,24)/t14-,20+/m0/s1. The van der Waals surface area contributed by atoms with E-state index >= 15 is 0 Å².